The fourth-order valence-corrected chi connectivity index (χ4v) is 4.72. The van der Waals surface area contributed by atoms with E-state index in [0.717, 1.165) is 10.1 Å². The molecule has 2 rings (SSSR count). The summed E-state index contributed by atoms with van der Waals surface area (Å²) in [6, 6.07) is -0.186. The third-order valence-electron chi connectivity index (χ3n) is 5.91. The first kappa shape index (κ1) is 19.6. The van der Waals surface area contributed by atoms with Crippen molar-refractivity contribution in [1.29, 1.82) is 0 Å². The van der Waals surface area contributed by atoms with Crippen LogP contribution in [-0.2, 0) is 15.2 Å². The predicted octanol–water partition coefficient (Wildman–Crippen LogP) is 2.69. The molecule has 0 aliphatic carbocycles. The Bertz CT molecular complexity index is 496. The van der Waals surface area contributed by atoms with Gasteiger partial charge in [-0.3, -0.25) is 4.79 Å². The number of nitrogens with one attached hydrogen (secondary N) is 1. The molecular formula is C18H33N3O3. The van der Waals surface area contributed by atoms with Crippen LogP contribution in [0, 0.1) is 5.92 Å². The van der Waals surface area contributed by atoms with E-state index in [4.69, 9.17) is 0 Å². The summed E-state index contributed by atoms with van der Waals surface area (Å²) in [5, 5.41) is 30.3. The number of piperidine rings is 1. The largest absolute Gasteiger partial charge is 0.351 e. The Kier molecular flexibility index (Phi) is 4.63. The molecule has 1 atom stereocenters. The zero-order valence-corrected chi connectivity index (χ0v) is 16.4. The van der Waals surface area contributed by atoms with Crippen molar-refractivity contribution < 1.29 is 15.2 Å². The van der Waals surface area contributed by atoms with Crippen LogP contribution < -0.4 is 5.32 Å². The molecule has 2 aliphatic heterocycles. The molecule has 1 N–H and O–H groups in total. The summed E-state index contributed by atoms with van der Waals surface area (Å²) >= 11 is 0. The molecule has 1 unspecified atom stereocenters. The number of carbonyl (C=O) groups excluding carboxylic acids is 1. The molecule has 24 heavy (non-hydrogen) atoms. The molecule has 2 radical (unpaired) electrons. The maximum absolute atomic E-state index is 12.9. The number of hydrogen-bond donors (Lipinski definition) is 1. The highest BCUT2D eigenvalue weighted by atomic mass is 16.5. The number of amides is 1. The van der Waals surface area contributed by atoms with Gasteiger partial charge in [-0.2, -0.15) is 0 Å². The SMILES string of the molecule is CC1(C)CC(C(=O)NC2CC(C)(C)N([O])C2(C)C)CC(C)(C)N1[O]. The van der Waals surface area contributed by atoms with Crippen LogP contribution in [0.5, 0.6) is 0 Å². The summed E-state index contributed by atoms with van der Waals surface area (Å²) in [6.45, 7) is 15.2. The van der Waals surface area contributed by atoms with Crippen LogP contribution in [0.1, 0.15) is 74.7 Å². The van der Waals surface area contributed by atoms with Gasteiger partial charge in [-0.1, -0.05) is 0 Å². The first-order valence-electron chi connectivity index (χ1n) is 8.87. The van der Waals surface area contributed by atoms with Crippen molar-refractivity contribution in [1.82, 2.24) is 15.4 Å². The molecule has 0 aromatic heterocycles. The van der Waals surface area contributed by atoms with Gasteiger partial charge in [0, 0.05) is 22.5 Å². The summed E-state index contributed by atoms with van der Waals surface area (Å²) in [7, 11) is 0. The van der Waals surface area contributed by atoms with Gasteiger partial charge in [0.1, 0.15) is 0 Å². The maximum atomic E-state index is 12.9. The molecule has 0 saturated carbocycles. The van der Waals surface area contributed by atoms with Gasteiger partial charge in [-0.05, 0) is 74.7 Å². The normalized spacial score (nSPS) is 32.7. The summed E-state index contributed by atoms with van der Waals surface area (Å²) in [5.41, 5.74) is -2.26. The average molecular weight is 339 g/mol. The lowest BCUT2D eigenvalue weighted by molar-refractivity contribution is -0.292. The topological polar surface area (TPSA) is 75.4 Å². The smallest absolute Gasteiger partial charge is 0.223 e. The number of carbonyl (C=O) groups is 1. The van der Waals surface area contributed by atoms with Gasteiger partial charge >= 0.3 is 0 Å². The summed E-state index contributed by atoms with van der Waals surface area (Å²) in [5.74, 6) is -0.242. The highest BCUT2D eigenvalue weighted by molar-refractivity contribution is 5.79. The Labute approximate surface area is 146 Å². The highest BCUT2D eigenvalue weighted by Crippen LogP contribution is 2.42. The van der Waals surface area contributed by atoms with E-state index in [1.165, 1.54) is 0 Å². The van der Waals surface area contributed by atoms with Crippen molar-refractivity contribution in [2.45, 2.75) is 103 Å². The average Bonchev–Trinajstić information content (AvgIpc) is 2.55. The Morgan fingerprint density at radius 1 is 0.792 bits per heavy atom. The number of hydrogen-bond acceptors (Lipinski definition) is 3. The van der Waals surface area contributed by atoms with Crippen LogP contribution in [0.15, 0.2) is 0 Å². The minimum absolute atomic E-state index is 0.0339. The fourth-order valence-electron chi connectivity index (χ4n) is 4.72. The third-order valence-corrected chi connectivity index (χ3v) is 5.91. The molecule has 6 heteroatoms. The van der Waals surface area contributed by atoms with Crippen LogP contribution >= 0.6 is 0 Å². The monoisotopic (exact) mass is 339 g/mol. The van der Waals surface area contributed by atoms with Crippen molar-refractivity contribution in [3.8, 4) is 0 Å². The number of nitrogens with zero attached hydrogens (tertiary/aromatic N) is 2. The Balaban J connectivity index is 2.13. The van der Waals surface area contributed by atoms with Gasteiger partial charge in [-0.25, -0.2) is 0 Å². The standard InChI is InChI=1S/C18H33N3O3/c1-15(2)9-12(10-16(3,4)20(15)23)14(22)19-13-11-17(5,6)21(24)18(13,7)8/h12-13H,9-11H2,1-8H3,(H,19,22). The minimum Gasteiger partial charge on any atom is -0.351 e. The van der Waals surface area contributed by atoms with E-state index in [9.17, 15) is 15.2 Å². The third kappa shape index (κ3) is 3.21. The number of rotatable bonds is 2. The van der Waals surface area contributed by atoms with Crippen LogP contribution in [0.4, 0.5) is 0 Å². The zero-order valence-electron chi connectivity index (χ0n) is 16.4. The molecule has 2 saturated heterocycles. The second-order valence-electron chi connectivity index (χ2n) is 10.1. The molecule has 2 fully saturated rings. The Morgan fingerprint density at radius 3 is 1.58 bits per heavy atom. The summed E-state index contributed by atoms with van der Waals surface area (Å²) in [6.07, 6.45) is 1.69. The lowest BCUT2D eigenvalue weighted by Crippen LogP contribution is -2.61. The minimum atomic E-state index is -0.635. The van der Waals surface area contributed by atoms with Crippen LogP contribution in [0.2, 0.25) is 0 Å². The second-order valence-corrected chi connectivity index (χ2v) is 10.1. The Hall–Kier alpha value is -0.690. The van der Waals surface area contributed by atoms with Crippen LogP contribution in [-0.4, -0.2) is 44.2 Å². The quantitative estimate of drug-likeness (QED) is 0.840. The fraction of sp³-hybridized carbons (Fsp3) is 0.944. The molecule has 2 aliphatic rings. The molecule has 0 aromatic rings. The molecular weight excluding hydrogens is 306 g/mol. The van der Waals surface area contributed by atoms with Gasteiger partial charge in [-0.15, -0.1) is 20.5 Å². The van der Waals surface area contributed by atoms with E-state index >= 15 is 0 Å². The van der Waals surface area contributed by atoms with Crippen molar-refractivity contribution in [3.05, 3.63) is 0 Å². The van der Waals surface area contributed by atoms with Gasteiger partial charge < -0.3 is 5.32 Å². The predicted molar refractivity (Wildman–Crippen MR) is 90.6 cm³/mol. The molecule has 1 amide bonds. The van der Waals surface area contributed by atoms with Gasteiger partial charge in [0.05, 0.1) is 11.6 Å². The molecule has 0 spiro atoms. The lowest BCUT2D eigenvalue weighted by atomic mass is 9.74. The molecule has 2 heterocycles. The van der Waals surface area contributed by atoms with E-state index in [1.54, 1.807) is 0 Å². The van der Waals surface area contributed by atoms with E-state index in [-0.39, 0.29) is 17.9 Å². The van der Waals surface area contributed by atoms with E-state index in [1.807, 2.05) is 55.4 Å². The van der Waals surface area contributed by atoms with Crippen LogP contribution in [0.3, 0.4) is 0 Å². The van der Waals surface area contributed by atoms with Crippen molar-refractivity contribution in [2.24, 2.45) is 5.92 Å². The van der Waals surface area contributed by atoms with Crippen molar-refractivity contribution in [2.75, 3.05) is 0 Å². The first-order chi connectivity index (χ1) is 10.6. The van der Waals surface area contributed by atoms with Gasteiger partial charge in [0.15, 0.2) is 0 Å². The Morgan fingerprint density at radius 2 is 1.21 bits per heavy atom. The second kappa shape index (κ2) is 5.66. The van der Waals surface area contributed by atoms with Gasteiger partial charge in [0.2, 0.25) is 5.91 Å². The zero-order chi connectivity index (χ0) is 18.7. The van der Waals surface area contributed by atoms with Crippen molar-refractivity contribution >= 4 is 5.91 Å². The summed E-state index contributed by atoms with van der Waals surface area (Å²) < 4.78 is 0. The lowest BCUT2D eigenvalue weighted by Gasteiger charge is -2.49. The van der Waals surface area contributed by atoms with Gasteiger partial charge in [0.25, 0.3) is 0 Å². The summed E-state index contributed by atoms with van der Waals surface area (Å²) in [4.78, 5) is 12.9. The van der Waals surface area contributed by atoms with E-state index < -0.39 is 22.2 Å². The number of hydroxylamine groups is 4. The first-order valence-corrected chi connectivity index (χ1v) is 8.87. The highest BCUT2D eigenvalue weighted by Gasteiger charge is 2.54. The van der Waals surface area contributed by atoms with Crippen molar-refractivity contribution in [3.63, 3.8) is 0 Å². The molecule has 6 nitrogen and oxygen atoms in total. The molecule has 0 aromatic carbocycles. The molecule has 0 bridgehead atoms. The van der Waals surface area contributed by atoms with E-state index in [0.29, 0.717) is 19.3 Å². The van der Waals surface area contributed by atoms with E-state index in [2.05, 4.69) is 5.32 Å². The molecule has 138 valence electrons. The van der Waals surface area contributed by atoms with Crippen LogP contribution in [0.25, 0.3) is 0 Å². The maximum Gasteiger partial charge on any atom is 0.223 e.